The van der Waals surface area contributed by atoms with Crippen LogP contribution in [0.1, 0.15) is 32.1 Å². The molecule has 1 aromatic rings. The highest BCUT2D eigenvalue weighted by Crippen LogP contribution is 2.29. The Hall–Kier alpha value is 0.100. The zero-order valence-corrected chi connectivity index (χ0v) is 12.4. The van der Waals surface area contributed by atoms with E-state index in [-0.39, 0.29) is 0 Å². The molecule has 0 aliphatic rings. The van der Waals surface area contributed by atoms with E-state index >= 15 is 0 Å². The Morgan fingerprint density at radius 2 is 2.25 bits per heavy atom. The standard InChI is InChI=1S/C12H19BrO2S/c1-4-12(3,15-5-2)11(14)8-10-9(13)6-7-16-10/h6-7,11,14H,4-5,8H2,1-3H3. The molecule has 1 rings (SSSR count). The lowest BCUT2D eigenvalue weighted by atomic mass is 9.93. The molecule has 0 radical (unpaired) electrons. The maximum absolute atomic E-state index is 10.3. The summed E-state index contributed by atoms with van der Waals surface area (Å²) < 4.78 is 6.74. The predicted molar refractivity (Wildman–Crippen MR) is 72.1 cm³/mol. The molecule has 0 aliphatic carbocycles. The Morgan fingerprint density at radius 3 is 2.69 bits per heavy atom. The molecule has 0 spiro atoms. The van der Waals surface area contributed by atoms with Gasteiger partial charge in [0.1, 0.15) is 0 Å². The Morgan fingerprint density at radius 1 is 1.56 bits per heavy atom. The van der Waals surface area contributed by atoms with Gasteiger partial charge in [0.2, 0.25) is 0 Å². The SMILES string of the molecule is CCOC(C)(CC)C(O)Cc1sccc1Br. The van der Waals surface area contributed by atoms with Crippen molar-refractivity contribution in [3.8, 4) is 0 Å². The molecule has 1 N–H and O–H groups in total. The van der Waals surface area contributed by atoms with E-state index in [0.29, 0.717) is 13.0 Å². The van der Waals surface area contributed by atoms with Crippen LogP contribution in [0, 0.1) is 0 Å². The smallest absolute Gasteiger partial charge is 0.0913 e. The highest BCUT2D eigenvalue weighted by atomic mass is 79.9. The molecule has 0 fully saturated rings. The summed E-state index contributed by atoms with van der Waals surface area (Å²) >= 11 is 5.14. The van der Waals surface area contributed by atoms with Gasteiger partial charge in [-0.05, 0) is 47.6 Å². The van der Waals surface area contributed by atoms with Gasteiger partial charge < -0.3 is 9.84 Å². The topological polar surface area (TPSA) is 29.5 Å². The molecule has 1 heterocycles. The van der Waals surface area contributed by atoms with Gasteiger partial charge in [0, 0.05) is 22.4 Å². The van der Waals surface area contributed by atoms with E-state index in [1.165, 1.54) is 4.88 Å². The van der Waals surface area contributed by atoms with Gasteiger partial charge in [-0.15, -0.1) is 11.3 Å². The van der Waals surface area contributed by atoms with E-state index < -0.39 is 11.7 Å². The second-order valence-electron chi connectivity index (χ2n) is 4.01. The second kappa shape index (κ2) is 6.15. The molecule has 2 atom stereocenters. The number of hydrogen-bond acceptors (Lipinski definition) is 3. The summed E-state index contributed by atoms with van der Waals surface area (Å²) in [6, 6.07) is 2.01. The number of aliphatic hydroxyl groups excluding tert-OH is 1. The normalized spacial score (nSPS) is 17.1. The van der Waals surface area contributed by atoms with Crippen LogP contribution in [0.4, 0.5) is 0 Å². The van der Waals surface area contributed by atoms with Crippen molar-refractivity contribution >= 4 is 27.3 Å². The van der Waals surface area contributed by atoms with Crippen molar-refractivity contribution in [3.63, 3.8) is 0 Å². The van der Waals surface area contributed by atoms with Crippen LogP contribution in [0.15, 0.2) is 15.9 Å². The Bertz CT molecular complexity index is 327. The first-order valence-corrected chi connectivity index (χ1v) is 7.24. The van der Waals surface area contributed by atoms with Crippen LogP contribution in [-0.4, -0.2) is 23.4 Å². The molecule has 2 unspecified atom stereocenters. The van der Waals surface area contributed by atoms with E-state index in [1.54, 1.807) is 11.3 Å². The Labute approximate surface area is 110 Å². The van der Waals surface area contributed by atoms with Crippen LogP contribution >= 0.6 is 27.3 Å². The third-order valence-corrected chi connectivity index (χ3v) is 4.90. The molecule has 2 nitrogen and oxygen atoms in total. The van der Waals surface area contributed by atoms with Crippen LogP contribution in [0.2, 0.25) is 0 Å². The first-order valence-electron chi connectivity index (χ1n) is 5.57. The highest BCUT2D eigenvalue weighted by Gasteiger charge is 2.32. The Kier molecular flexibility index (Phi) is 5.44. The van der Waals surface area contributed by atoms with Gasteiger partial charge in [0.15, 0.2) is 0 Å². The summed E-state index contributed by atoms with van der Waals surface area (Å²) in [4.78, 5) is 1.17. The monoisotopic (exact) mass is 306 g/mol. The average molecular weight is 307 g/mol. The summed E-state index contributed by atoms with van der Waals surface area (Å²) in [6.45, 7) is 6.61. The molecule has 0 saturated heterocycles. The molecule has 0 aliphatic heterocycles. The molecule has 1 aromatic heterocycles. The van der Waals surface area contributed by atoms with Crippen molar-refractivity contribution in [1.29, 1.82) is 0 Å². The van der Waals surface area contributed by atoms with E-state index in [0.717, 1.165) is 10.9 Å². The summed E-state index contributed by atoms with van der Waals surface area (Å²) in [6.07, 6.45) is 0.987. The summed E-state index contributed by atoms with van der Waals surface area (Å²) in [5.41, 5.74) is -0.446. The average Bonchev–Trinajstić information content (AvgIpc) is 2.64. The summed E-state index contributed by atoms with van der Waals surface area (Å²) in [5.74, 6) is 0. The lowest BCUT2D eigenvalue weighted by Crippen LogP contribution is -2.42. The van der Waals surface area contributed by atoms with Crippen molar-refractivity contribution in [2.24, 2.45) is 0 Å². The molecule has 0 bridgehead atoms. The van der Waals surface area contributed by atoms with Gasteiger partial charge in [-0.2, -0.15) is 0 Å². The van der Waals surface area contributed by atoms with Crippen LogP contribution in [0.5, 0.6) is 0 Å². The minimum Gasteiger partial charge on any atom is -0.390 e. The van der Waals surface area contributed by atoms with Gasteiger partial charge in [-0.3, -0.25) is 0 Å². The maximum atomic E-state index is 10.3. The van der Waals surface area contributed by atoms with Crippen molar-refractivity contribution in [2.45, 2.75) is 45.3 Å². The zero-order valence-electron chi connectivity index (χ0n) is 10.00. The van der Waals surface area contributed by atoms with Crippen molar-refractivity contribution in [1.82, 2.24) is 0 Å². The minimum absolute atomic E-state index is 0.446. The third-order valence-electron chi connectivity index (χ3n) is 2.95. The number of hydrogen-bond donors (Lipinski definition) is 1. The molecular weight excluding hydrogens is 288 g/mol. The fraction of sp³-hybridized carbons (Fsp3) is 0.667. The number of rotatable bonds is 6. The van der Waals surface area contributed by atoms with Gasteiger partial charge in [-0.25, -0.2) is 0 Å². The zero-order chi connectivity index (χ0) is 12.2. The summed E-state index contributed by atoms with van der Waals surface area (Å²) in [7, 11) is 0. The molecule has 16 heavy (non-hydrogen) atoms. The molecule has 0 saturated carbocycles. The molecule has 4 heteroatoms. The first-order chi connectivity index (χ1) is 7.53. The predicted octanol–water partition coefficient (Wildman–Crippen LogP) is 3.62. The minimum atomic E-state index is -0.465. The third kappa shape index (κ3) is 3.29. The highest BCUT2D eigenvalue weighted by molar-refractivity contribution is 9.10. The molecule has 0 aromatic carbocycles. The lowest BCUT2D eigenvalue weighted by molar-refractivity contribution is -0.110. The van der Waals surface area contributed by atoms with E-state index in [2.05, 4.69) is 15.9 Å². The van der Waals surface area contributed by atoms with Gasteiger partial charge >= 0.3 is 0 Å². The fourth-order valence-electron chi connectivity index (χ4n) is 1.63. The number of halogens is 1. The quantitative estimate of drug-likeness (QED) is 0.870. The molecule has 0 amide bonds. The number of ether oxygens (including phenoxy) is 1. The maximum Gasteiger partial charge on any atom is 0.0913 e. The fourth-order valence-corrected chi connectivity index (χ4v) is 3.18. The van der Waals surface area contributed by atoms with Gasteiger partial charge in [-0.1, -0.05) is 6.92 Å². The second-order valence-corrected chi connectivity index (χ2v) is 5.87. The largest absolute Gasteiger partial charge is 0.390 e. The van der Waals surface area contributed by atoms with Crippen molar-refractivity contribution < 1.29 is 9.84 Å². The van der Waals surface area contributed by atoms with Crippen LogP contribution in [0.25, 0.3) is 0 Å². The van der Waals surface area contributed by atoms with Gasteiger partial charge in [0.25, 0.3) is 0 Å². The molecule has 92 valence electrons. The van der Waals surface area contributed by atoms with Crippen molar-refractivity contribution in [3.05, 3.63) is 20.8 Å². The number of thiophene rings is 1. The van der Waals surface area contributed by atoms with E-state index in [4.69, 9.17) is 4.74 Å². The van der Waals surface area contributed by atoms with Crippen LogP contribution in [-0.2, 0) is 11.2 Å². The van der Waals surface area contributed by atoms with Gasteiger partial charge in [0.05, 0.1) is 11.7 Å². The van der Waals surface area contributed by atoms with Crippen LogP contribution in [0.3, 0.4) is 0 Å². The van der Waals surface area contributed by atoms with E-state index in [1.807, 2.05) is 32.2 Å². The summed E-state index contributed by atoms with van der Waals surface area (Å²) in [5, 5.41) is 12.3. The van der Waals surface area contributed by atoms with Crippen LogP contribution < -0.4 is 0 Å². The van der Waals surface area contributed by atoms with E-state index in [9.17, 15) is 5.11 Å². The Balaban J connectivity index is 2.69. The number of aliphatic hydroxyl groups is 1. The van der Waals surface area contributed by atoms with Crippen molar-refractivity contribution in [2.75, 3.05) is 6.61 Å². The first kappa shape index (κ1) is 14.2. The molecular formula is C12H19BrO2S. The lowest BCUT2D eigenvalue weighted by Gasteiger charge is -2.33.